The number of aromatic nitrogens is 4. The molecule has 6 N–H and O–H groups in total. The number of esters is 1. The molecule has 99 heavy (non-hydrogen) atoms. The van der Waals surface area contributed by atoms with E-state index in [0.717, 1.165) is 62.8 Å². The SMILES string of the molecule is CC(=O)Nc1ccc(O)cc1.CC(C)[N+](C)(CCC(C(N)=O)(c1ccccc1)c1ccccc1)C(C)C.CCC1(CCC(C)C)C(=O)NC(=O)NC1=O.COc1ccc2c(c1OC)C(=O)OC2[C@H]1c2c(cc3c(c2OC)OCO3)CCN1C.Cn1c(=O)c2c(ncn2C)n(C)c1=O.[Cl-].[H+].[I-]. The van der Waals surface area contributed by atoms with Crippen LogP contribution >= 0.6 is 0 Å². The second kappa shape index (κ2) is 34.7. The summed E-state index contributed by atoms with van der Waals surface area (Å²) < 4.78 is 38.7. The summed E-state index contributed by atoms with van der Waals surface area (Å²) in [5.74, 6) is 1.63. The van der Waals surface area contributed by atoms with Crippen molar-refractivity contribution in [3.05, 3.63) is 164 Å². The van der Waals surface area contributed by atoms with E-state index in [9.17, 15) is 38.4 Å². The number of ether oxygens (including phenoxy) is 6. The lowest BCUT2D eigenvalue weighted by Crippen LogP contribution is -3.00. The van der Waals surface area contributed by atoms with Gasteiger partial charge in [-0.2, -0.15) is 0 Å². The molecular weight excluding hydrogens is 1410 g/mol. The summed E-state index contributed by atoms with van der Waals surface area (Å²) in [5, 5.41) is 15.8. The third-order valence-electron chi connectivity index (χ3n) is 18.9. The van der Waals surface area contributed by atoms with Crippen LogP contribution < -0.4 is 93.0 Å². The van der Waals surface area contributed by atoms with Gasteiger partial charge in [0.1, 0.15) is 28.2 Å². The number of primary amides is 1. The molecule has 0 spiro atoms. The Labute approximate surface area is 602 Å². The molecule has 25 nitrogen and oxygen atoms in total. The van der Waals surface area contributed by atoms with Crippen molar-refractivity contribution in [1.29, 1.82) is 0 Å². The van der Waals surface area contributed by atoms with Crippen molar-refractivity contribution in [2.45, 2.75) is 117 Å². The summed E-state index contributed by atoms with van der Waals surface area (Å²) in [5.41, 5.74) is 10.2. The summed E-state index contributed by atoms with van der Waals surface area (Å²) in [6.45, 7) is 18.1. The van der Waals surface area contributed by atoms with Crippen molar-refractivity contribution in [2.24, 2.45) is 38.2 Å². The van der Waals surface area contributed by atoms with E-state index in [4.69, 9.17) is 39.3 Å². The van der Waals surface area contributed by atoms with E-state index >= 15 is 0 Å². The molecule has 6 amide bonds. The van der Waals surface area contributed by atoms with Gasteiger partial charge in [-0.1, -0.05) is 87.5 Å². The number of halogens is 2. The molecule has 2 aromatic heterocycles. The zero-order chi connectivity index (χ0) is 71.4. The van der Waals surface area contributed by atoms with E-state index in [1.54, 1.807) is 58.0 Å². The molecule has 0 saturated carbocycles. The lowest BCUT2D eigenvalue weighted by atomic mass is 9.71. The highest BCUT2D eigenvalue weighted by molar-refractivity contribution is 6.19. The van der Waals surface area contributed by atoms with Gasteiger partial charge in [-0.25, -0.2) is 19.4 Å². The third-order valence-corrected chi connectivity index (χ3v) is 18.9. The Morgan fingerprint density at radius 1 is 0.818 bits per heavy atom. The normalized spacial score (nSPS) is 15.6. The number of aryl methyl sites for hydroxylation is 2. The minimum atomic E-state index is -1.07. The van der Waals surface area contributed by atoms with Crippen LogP contribution in [-0.2, 0) is 56.9 Å². The van der Waals surface area contributed by atoms with Crippen LogP contribution in [0.3, 0.4) is 0 Å². The Balaban J connectivity index is 0.000000276. The van der Waals surface area contributed by atoms with Crippen LogP contribution in [-0.4, -0.2) is 136 Å². The standard InChI is InChI=1S/C23H32N2O.C22H23NO7.C11H18N2O3.C8H10N4O2.C8H9NO2.ClH.HI/c1-18(2)25(5,19(3)4)17-16-23(22(24)26,20-12-8-6-9-13-20)21-14-10-7-11-15-21;1-23-8-7-11-9-14-20(29-10-28-14)21(27-4)15(11)17(23)18-12-5-6-13(25-2)19(26-3)16(12)22(24)30-18;1-4-11(6-5-7(2)3)8(14)12-10(16)13-9(11)15;1-10-4-9-6-5(10)7(13)12(3)8(14)11(6)2;1-6(10)9-7-2-4-8(11)5-3-7;;/h6-15,18-19H,16-17H2,1-5H3,(H-,24,26);5-6,9,17-18H,7-8,10H2,1-4H3;7H,4-6H2,1-3H3,(H2,12,13,14,15,16);4H,1-3H3;2-5,11H,1H3,(H,9,10);2*1H/t;17-,18?;;;;;/m.1...../s1. The van der Waals surface area contributed by atoms with Gasteiger partial charge in [-0.05, 0) is 119 Å². The number of carbonyl (C=O) groups is 6. The number of nitrogens with zero attached hydrogens (tertiary/aromatic N) is 6. The fourth-order valence-corrected chi connectivity index (χ4v) is 12.6. The number of urea groups is 1. The highest BCUT2D eigenvalue weighted by Crippen LogP contribution is 2.55. The number of imide groups is 2. The number of carbonyl (C=O) groups excluding carboxylic acids is 6. The lowest BCUT2D eigenvalue weighted by molar-refractivity contribution is -0.949. The molecule has 1 fully saturated rings. The number of barbiturate groups is 1. The van der Waals surface area contributed by atoms with Gasteiger partial charge in [-0.15, -0.1) is 0 Å². The first kappa shape index (κ1) is 80.7. The summed E-state index contributed by atoms with van der Waals surface area (Å²) >= 11 is 0. The smallest absolute Gasteiger partial charge is 1.00 e. The van der Waals surface area contributed by atoms with Gasteiger partial charge in [0.2, 0.25) is 36.2 Å². The first-order valence-electron chi connectivity index (χ1n) is 32.2. The van der Waals surface area contributed by atoms with Crippen LogP contribution in [0.25, 0.3) is 11.2 Å². The largest absolute Gasteiger partial charge is 1.00 e. The molecule has 4 aliphatic rings. The van der Waals surface area contributed by atoms with Crippen molar-refractivity contribution < 1.29 is 105 Å². The van der Waals surface area contributed by atoms with Crippen LogP contribution in [0, 0.1) is 11.3 Å². The fraction of sp³-hybridized carbons (Fsp3) is 0.431. The molecule has 5 aromatic carbocycles. The second-order valence-corrected chi connectivity index (χ2v) is 25.6. The Morgan fingerprint density at radius 3 is 1.90 bits per heavy atom. The molecule has 1 saturated heterocycles. The van der Waals surface area contributed by atoms with Crippen LogP contribution in [0.1, 0.15) is 133 Å². The van der Waals surface area contributed by atoms with Gasteiger partial charge in [0, 0.05) is 57.8 Å². The number of imidazole rings is 1. The van der Waals surface area contributed by atoms with Gasteiger partial charge < -0.3 is 90.0 Å². The number of hydrogen-bond acceptors (Lipinski definition) is 17. The number of benzene rings is 5. The monoisotopic (exact) mass is 1500 g/mol. The van der Waals surface area contributed by atoms with E-state index in [-0.39, 0.29) is 79.5 Å². The molecular formula is C72H94ClIN10O15. The number of phenols is 1. The quantitative estimate of drug-likeness (QED) is 0.0288. The number of cyclic esters (lactones) is 1. The molecule has 11 rings (SSSR count). The number of rotatable bonds is 17. The molecule has 536 valence electrons. The Hall–Kier alpha value is -8.99. The fourth-order valence-electron chi connectivity index (χ4n) is 12.6. The van der Waals surface area contributed by atoms with Gasteiger partial charge >= 0.3 is 19.1 Å². The number of hydrogen-bond donors (Lipinski definition) is 5. The van der Waals surface area contributed by atoms with E-state index in [2.05, 4.69) is 60.6 Å². The average Bonchev–Trinajstić information content (AvgIpc) is 1.51. The van der Waals surface area contributed by atoms with E-state index in [1.807, 2.05) is 93.7 Å². The van der Waals surface area contributed by atoms with Crippen molar-refractivity contribution in [3.63, 3.8) is 0 Å². The number of quaternary nitrogens is 1. The third kappa shape index (κ3) is 17.2. The summed E-state index contributed by atoms with van der Waals surface area (Å²) in [4.78, 5) is 100. The van der Waals surface area contributed by atoms with Gasteiger partial charge in [-0.3, -0.25) is 48.6 Å². The lowest BCUT2D eigenvalue weighted by Gasteiger charge is -2.45. The Bertz CT molecular complexity index is 4060. The Kier molecular flexibility index (Phi) is 28.3. The van der Waals surface area contributed by atoms with E-state index in [0.29, 0.717) is 88.4 Å². The summed E-state index contributed by atoms with van der Waals surface area (Å²) in [6, 6.07) is 31.9. The van der Waals surface area contributed by atoms with Gasteiger partial charge in [0.05, 0.1) is 59.4 Å². The molecule has 0 aliphatic carbocycles. The molecule has 4 aliphatic heterocycles. The van der Waals surface area contributed by atoms with Crippen LogP contribution in [0.15, 0.2) is 119 Å². The van der Waals surface area contributed by atoms with Crippen molar-refractivity contribution in [3.8, 4) is 34.5 Å². The van der Waals surface area contributed by atoms with Crippen LogP contribution in [0.2, 0.25) is 0 Å². The van der Waals surface area contributed by atoms with E-state index in [1.165, 1.54) is 44.1 Å². The zero-order valence-corrected chi connectivity index (χ0v) is 62.0. The van der Waals surface area contributed by atoms with Crippen LogP contribution in [0.4, 0.5) is 10.5 Å². The highest BCUT2D eigenvalue weighted by Gasteiger charge is 2.49. The van der Waals surface area contributed by atoms with Gasteiger partial charge in [0.25, 0.3) is 5.56 Å². The summed E-state index contributed by atoms with van der Waals surface area (Å²) in [6.07, 6.45) is 4.18. The maximum absolute atomic E-state index is 12.9. The average molecular weight is 1500 g/mol. The number of likely N-dealkylation sites (N-methyl/N-ethyl adjacent to an activating group) is 1. The van der Waals surface area contributed by atoms with Crippen LogP contribution in [0.5, 0.6) is 34.5 Å². The van der Waals surface area contributed by atoms with E-state index < -0.39 is 40.7 Å². The minimum absolute atomic E-state index is 0. The topological polar surface area (TPSA) is 305 Å². The maximum Gasteiger partial charge on any atom is 1.00 e. The highest BCUT2D eigenvalue weighted by atomic mass is 127. The molecule has 27 heteroatoms. The predicted octanol–water partition coefficient (Wildman–Crippen LogP) is 2.62. The molecule has 0 radical (unpaired) electrons. The molecule has 2 atom stereocenters. The number of nitrogens with one attached hydrogen (secondary N) is 3. The van der Waals surface area contributed by atoms with Crippen molar-refractivity contribution in [2.75, 3.05) is 60.6 Å². The first-order chi connectivity index (χ1) is 46.0. The van der Waals surface area contributed by atoms with Crippen molar-refractivity contribution in [1.82, 2.24) is 34.2 Å². The molecule has 0 bridgehead atoms. The van der Waals surface area contributed by atoms with Gasteiger partial charge in [0.15, 0.2) is 34.2 Å². The molecule has 7 aromatic rings. The second-order valence-electron chi connectivity index (χ2n) is 25.6. The summed E-state index contributed by atoms with van der Waals surface area (Å²) in [7, 11) is 13.7. The predicted molar refractivity (Wildman–Crippen MR) is 368 cm³/mol. The number of phenolic OH excluding ortho intramolecular Hbond substituents is 1. The maximum atomic E-state index is 12.9. The number of aromatic hydroxyl groups is 1. The Morgan fingerprint density at radius 2 is 1.39 bits per heavy atom. The number of methoxy groups -OCH3 is 3. The molecule has 6 heterocycles. The number of anilines is 1. The minimum Gasteiger partial charge on any atom is -1.00 e. The van der Waals surface area contributed by atoms with Crippen molar-refractivity contribution >= 4 is 52.5 Å². The number of amides is 6. The molecule has 1 unspecified atom stereocenters. The first-order valence-corrected chi connectivity index (χ1v) is 32.2. The number of nitrogens with two attached hydrogens (primary N) is 1. The zero-order valence-electron chi connectivity index (χ0n) is 60.1. The number of fused-ring (bicyclic) bond motifs is 4.